The van der Waals surface area contributed by atoms with E-state index in [2.05, 4.69) is 17.3 Å². The third kappa shape index (κ3) is 4.94. The van der Waals surface area contributed by atoms with Gasteiger partial charge in [-0.2, -0.15) is 0 Å². The standard InChI is InChI=1S/C14H28N2O/c1-16(12-14-8-4-11-17-14)10-5-9-15-13-6-2-3-7-13/h13-15H,2-12H2,1H3. The van der Waals surface area contributed by atoms with E-state index in [4.69, 9.17) is 4.74 Å². The molecule has 3 nitrogen and oxygen atoms in total. The van der Waals surface area contributed by atoms with Crippen LogP contribution in [0.2, 0.25) is 0 Å². The largest absolute Gasteiger partial charge is 0.377 e. The summed E-state index contributed by atoms with van der Waals surface area (Å²) in [5, 5.41) is 3.67. The lowest BCUT2D eigenvalue weighted by Gasteiger charge is -2.21. The highest BCUT2D eigenvalue weighted by Gasteiger charge is 2.17. The highest BCUT2D eigenvalue weighted by Crippen LogP contribution is 2.17. The lowest BCUT2D eigenvalue weighted by molar-refractivity contribution is 0.0809. The Bertz CT molecular complexity index is 198. The Morgan fingerprint density at radius 1 is 1.18 bits per heavy atom. The van der Waals surface area contributed by atoms with E-state index in [-0.39, 0.29) is 0 Å². The first kappa shape index (κ1) is 13.3. The predicted molar refractivity (Wildman–Crippen MR) is 71.3 cm³/mol. The molecule has 0 aromatic carbocycles. The van der Waals surface area contributed by atoms with Gasteiger partial charge in [-0.25, -0.2) is 0 Å². The molecule has 1 saturated heterocycles. The van der Waals surface area contributed by atoms with E-state index in [0.717, 1.165) is 19.2 Å². The molecule has 1 atom stereocenters. The first-order valence-electron chi connectivity index (χ1n) is 7.38. The summed E-state index contributed by atoms with van der Waals surface area (Å²) in [6.07, 6.45) is 9.92. The molecule has 0 amide bonds. The van der Waals surface area contributed by atoms with Crippen LogP contribution < -0.4 is 5.32 Å². The molecule has 2 rings (SSSR count). The average molecular weight is 240 g/mol. The number of rotatable bonds is 7. The Morgan fingerprint density at radius 2 is 2.00 bits per heavy atom. The van der Waals surface area contributed by atoms with Gasteiger partial charge < -0.3 is 15.0 Å². The highest BCUT2D eigenvalue weighted by molar-refractivity contribution is 4.74. The lowest BCUT2D eigenvalue weighted by atomic mass is 10.2. The third-order valence-corrected chi connectivity index (χ3v) is 4.04. The zero-order valence-electron chi connectivity index (χ0n) is 11.3. The Hall–Kier alpha value is -0.120. The van der Waals surface area contributed by atoms with Gasteiger partial charge in [-0.3, -0.25) is 0 Å². The summed E-state index contributed by atoms with van der Waals surface area (Å²) in [5.74, 6) is 0. The Balaban J connectivity index is 1.46. The average Bonchev–Trinajstić information content (AvgIpc) is 2.96. The number of hydrogen-bond donors (Lipinski definition) is 1. The van der Waals surface area contributed by atoms with E-state index in [1.165, 1.54) is 58.0 Å². The summed E-state index contributed by atoms with van der Waals surface area (Å²) in [7, 11) is 2.22. The number of ether oxygens (including phenoxy) is 1. The van der Waals surface area contributed by atoms with Gasteiger partial charge in [0.05, 0.1) is 6.10 Å². The minimum Gasteiger partial charge on any atom is -0.377 e. The third-order valence-electron chi connectivity index (χ3n) is 4.04. The molecule has 1 saturated carbocycles. The Labute approximate surface area is 106 Å². The van der Waals surface area contributed by atoms with E-state index < -0.39 is 0 Å². The minimum atomic E-state index is 0.503. The zero-order chi connectivity index (χ0) is 11.9. The van der Waals surface area contributed by atoms with Crippen LogP contribution in [0.3, 0.4) is 0 Å². The van der Waals surface area contributed by atoms with Gasteiger partial charge in [-0.05, 0) is 52.2 Å². The van der Waals surface area contributed by atoms with Crippen LogP contribution in [0, 0.1) is 0 Å². The van der Waals surface area contributed by atoms with Crippen LogP contribution in [0.15, 0.2) is 0 Å². The summed E-state index contributed by atoms with van der Waals surface area (Å²) >= 11 is 0. The van der Waals surface area contributed by atoms with Crippen molar-refractivity contribution in [3.63, 3.8) is 0 Å². The first-order valence-corrected chi connectivity index (χ1v) is 7.38. The Kier molecular flexibility index (Phi) is 5.75. The number of nitrogens with one attached hydrogen (secondary N) is 1. The molecule has 1 aliphatic heterocycles. The summed E-state index contributed by atoms with van der Waals surface area (Å²) in [4.78, 5) is 2.42. The molecule has 2 fully saturated rings. The molecule has 0 spiro atoms. The maximum absolute atomic E-state index is 5.65. The molecule has 1 unspecified atom stereocenters. The van der Waals surface area contributed by atoms with Crippen molar-refractivity contribution in [2.24, 2.45) is 0 Å². The summed E-state index contributed by atoms with van der Waals surface area (Å²) in [6.45, 7) is 4.46. The first-order chi connectivity index (χ1) is 8.34. The Morgan fingerprint density at radius 3 is 2.71 bits per heavy atom. The molecule has 0 bridgehead atoms. The molecule has 0 aromatic heterocycles. The van der Waals surface area contributed by atoms with Crippen molar-refractivity contribution in [1.29, 1.82) is 0 Å². The fourth-order valence-corrected chi connectivity index (χ4v) is 3.01. The smallest absolute Gasteiger partial charge is 0.0702 e. The van der Waals surface area contributed by atoms with Crippen LogP contribution >= 0.6 is 0 Å². The van der Waals surface area contributed by atoms with Crippen molar-refractivity contribution < 1.29 is 4.74 Å². The topological polar surface area (TPSA) is 24.5 Å². The van der Waals surface area contributed by atoms with E-state index in [0.29, 0.717) is 6.10 Å². The van der Waals surface area contributed by atoms with Gasteiger partial charge in [0.1, 0.15) is 0 Å². The van der Waals surface area contributed by atoms with Crippen molar-refractivity contribution >= 4 is 0 Å². The van der Waals surface area contributed by atoms with Crippen LogP contribution in [0.4, 0.5) is 0 Å². The van der Waals surface area contributed by atoms with Crippen LogP contribution in [0.25, 0.3) is 0 Å². The maximum atomic E-state index is 5.65. The fraction of sp³-hybridized carbons (Fsp3) is 1.00. The quantitative estimate of drug-likeness (QED) is 0.689. The second-order valence-electron chi connectivity index (χ2n) is 5.69. The summed E-state index contributed by atoms with van der Waals surface area (Å²) < 4.78 is 5.65. The van der Waals surface area contributed by atoms with E-state index >= 15 is 0 Å². The maximum Gasteiger partial charge on any atom is 0.0702 e. The highest BCUT2D eigenvalue weighted by atomic mass is 16.5. The van der Waals surface area contributed by atoms with E-state index in [1.54, 1.807) is 0 Å². The normalized spacial score (nSPS) is 26.1. The molecule has 1 N–H and O–H groups in total. The molecule has 100 valence electrons. The molecular formula is C14H28N2O. The molecule has 1 aliphatic carbocycles. The second kappa shape index (κ2) is 7.34. The zero-order valence-corrected chi connectivity index (χ0v) is 11.3. The van der Waals surface area contributed by atoms with E-state index in [9.17, 15) is 0 Å². The summed E-state index contributed by atoms with van der Waals surface area (Å²) in [5.41, 5.74) is 0. The van der Waals surface area contributed by atoms with E-state index in [1.807, 2.05) is 0 Å². The molecule has 0 aromatic rings. The monoisotopic (exact) mass is 240 g/mol. The summed E-state index contributed by atoms with van der Waals surface area (Å²) in [6, 6.07) is 0.818. The molecular weight excluding hydrogens is 212 g/mol. The van der Waals surface area contributed by atoms with Gasteiger partial charge in [0.2, 0.25) is 0 Å². The van der Waals surface area contributed by atoms with Crippen LogP contribution in [-0.2, 0) is 4.74 Å². The SMILES string of the molecule is CN(CCCNC1CCCC1)CC1CCCO1. The minimum absolute atomic E-state index is 0.503. The van der Waals surface area contributed by atoms with Gasteiger partial charge in [0.15, 0.2) is 0 Å². The van der Waals surface area contributed by atoms with Crippen molar-refractivity contribution in [2.45, 2.75) is 57.1 Å². The molecule has 0 radical (unpaired) electrons. The lowest BCUT2D eigenvalue weighted by Crippen LogP contribution is -2.33. The molecule has 1 heterocycles. The number of nitrogens with zero attached hydrogens (tertiary/aromatic N) is 1. The van der Waals surface area contributed by atoms with Gasteiger partial charge >= 0.3 is 0 Å². The number of hydrogen-bond acceptors (Lipinski definition) is 3. The van der Waals surface area contributed by atoms with Gasteiger partial charge in [0, 0.05) is 19.2 Å². The van der Waals surface area contributed by atoms with Crippen molar-refractivity contribution in [3.8, 4) is 0 Å². The van der Waals surface area contributed by atoms with Crippen molar-refractivity contribution in [1.82, 2.24) is 10.2 Å². The van der Waals surface area contributed by atoms with Crippen LogP contribution in [-0.4, -0.2) is 50.3 Å². The van der Waals surface area contributed by atoms with Crippen molar-refractivity contribution in [3.05, 3.63) is 0 Å². The van der Waals surface area contributed by atoms with Crippen LogP contribution in [0.1, 0.15) is 44.9 Å². The van der Waals surface area contributed by atoms with Gasteiger partial charge in [-0.15, -0.1) is 0 Å². The predicted octanol–water partition coefficient (Wildman–Crippen LogP) is 2.02. The van der Waals surface area contributed by atoms with Crippen LogP contribution in [0.5, 0.6) is 0 Å². The van der Waals surface area contributed by atoms with Gasteiger partial charge in [0.25, 0.3) is 0 Å². The molecule has 3 heteroatoms. The second-order valence-corrected chi connectivity index (χ2v) is 5.69. The number of likely N-dealkylation sites (N-methyl/N-ethyl adjacent to an activating group) is 1. The fourth-order valence-electron chi connectivity index (χ4n) is 3.01. The van der Waals surface area contributed by atoms with Crippen molar-refractivity contribution in [2.75, 3.05) is 33.3 Å². The molecule has 17 heavy (non-hydrogen) atoms. The van der Waals surface area contributed by atoms with Gasteiger partial charge in [-0.1, -0.05) is 12.8 Å². The molecule has 2 aliphatic rings.